The molecule has 0 rings (SSSR count). The predicted molar refractivity (Wildman–Crippen MR) is 143 cm³/mol. The van der Waals surface area contributed by atoms with Crippen LogP contribution in [0.1, 0.15) is 125 Å². The van der Waals surface area contributed by atoms with Gasteiger partial charge in [0.1, 0.15) is 12.4 Å². The minimum absolute atomic E-state index is 0.101. The first kappa shape index (κ1) is 33.1. The van der Waals surface area contributed by atoms with E-state index in [0.717, 1.165) is 32.5 Å². The molecule has 204 valence electrons. The van der Waals surface area contributed by atoms with Crippen LogP contribution in [0.2, 0.25) is 0 Å². The third-order valence-corrected chi connectivity index (χ3v) is 6.24. The van der Waals surface area contributed by atoms with Crippen molar-refractivity contribution in [3.05, 3.63) is 0 Å². The Kier molecular flexibility index (Phi) is 20.9. The number of nitrogens with zero attached hydrogens (tertiary/aromatic N) is 1. The predicted octanol–water partition coefficient (Wildman–Crippen LogP) is 7.30. The Morgan fingerprint density at radius 1 is 0.824 bits per heavy atom. The molecule has 6 heteroatoms. The van der Waals surface area contributed by atoms with Gasteiger partial charge in [0.2, 0.25) is 0 Å². The molecule has 1 N–H and O–H groups in total. The number of amides is 1. The third kappa shape index (κ3) is 19.5. The Morgan fingerprint density at radius 2 is 1.32 bits per heavy atom. The molecule has 0 saturated heterocycles. The van der Waals surface area contributed by atoms with Crippen molar-refractivity contribution in [1.29, 1.82) is 0 Å². The summed E-state index contributed by atoms with van der Waals surface area (Å²) in [6.45, 7) is 15.0. The maximum Gasteiger partial charge on any atom is 0.408 e. The van der Waals surface area contributed by atoms with Crippen molar-refractivity contribution in [3.8, 4) is 0 Å². The van der Waals surface area contributed by atoms with E-state index in [0.29, 0.717) is 0 Å². The van der Waals surface area contributed by atoms with E-state index in [-0.39, 0.29) is 25.0 Å². The number of alkyl carbamates (subject to hydrolysis) is 1. The lowest BCUT2D eigenvalue weighted by Gasteiger charge is -2.33. The smallest absolute Gasteiger partial charge is 0.408 e. The molecule has 6 nitrogen and oxygen atoms in total. The number of nitrogens with one attached hydrogen (secondary N) is 1. The molecule has 0 aromatic rings. The van der Waals surface area contributed by atoms with Gasteiger partial charge in [0, 0.05) is 13.7 Å². The first-order valence-corrected chi connectivity index (χ1v) is 14.1. The summed E-state index contributed by atoms with van der Waals surface area (Å²) in [6.07, 6.45) is 16.3. The minimum atomic E-state index is -0.526. The topological polar surface area (TPSA) is 60.0 Å². The van der Waals surface area contributed by atoms with E-state index in [1.54, 1.807) is 7.11 Å². The number of carbonyl (C=O) groups is 1. The van der Waals surface area contributed by atoms with Gasteiger partial charge in [0.25, 0.3) is 0 Å². The summed E-state index contributed by atoms with van der Waals surface area (Å²) in [6, 6.07) is -0.141. The second-order valence-electron chi connectivity index (χ2n) is 10.5. The summed E-state index contributed by atoms with van der Waals surface area (Å²) >= 11 is 0. The molecular formula is C28H58N2O4. The van der Waals surface area contributed by atoms with Crippen LogP contribution >= 0.6 is 0 Å². The summed E-state index contributed by atoms with van der Waals surface area (Å²) in [5.41, 5.74) is -0.526. The zero-order valence-electron chi connectivity index (χ0n) is 23.8. The highest BCUT2D eigenvalue weighted by Crippen LogP contribution is 2.17. The second-order valence-corrected chi connectivity index (χ2v) is 10.5. The van der Waals surface area contributed by atoms with Gasteiger partial charge in [-0.1, -0.05) is 97.8 Å². The van der Waals surface area contributed by atoms with Crippen LogP contribution in [-0.2, 0) is 14.2 Å². The zero-order chi connectivity index (χ0) is 25.7. The largest absolute Gasteiger partial charge is 0.444 e. The van der Waals surface area contributed by atoms with Crippen molar-refractivity contribution >= 4 is 6.09 Å². The summed E-state index contributed by atoms with van der Waals surface area (Å²) in [5.74, 6) is 0. The zero-order valence-corrected chi connectivity index (χ0v) is 23.8. The molecule has 0 fully saturated rings. The number of likely N-dealkylation sites (N-methyl/N-ethyl adjacent to an activating group) is 1. The van der Waals surface area contributed by atoms with E-state index >= 15 is 0 Å². The lowest BCUT2D eigenvalue weighted by atomic mass is 10.0. The average Bonchev–Trinajstić information content (AvgIpc) is 2.78. The van der Waals surface area contributed by atoms with E-state index in [9.17, 15) is 4.79 Å². The van der Waals surface area contributed by atoms with E-state index < -0.39 is 5.60 Å². The molecule has 0 aliphatic rings. The molecule has 0 bridgehead atoms. The number of carbonyl (C=O) groups excluding carboxylic acids is 1. The van der Waals surface area contributed by atoms with Crippen LogP contribution in [0.5, 0.6) is 0 Å². The van der Waals surface area contributed by atoms with Gasteiger partial charge in [0.15, 0.2) is 0 Å². The quantitative estimate of drug-likeness (QED) is 0.128. The van der Waals surface area contributed by atoms with Crippen LogP contribution in [0.4, 0.5) is 4.79 Å². The monoisotopic (exact) mass is 486 g/mol. The molecule has 0 aromatic carbocycles. The van der Waals surface area contributed by atoms with E-state index in [1.807, 2.05) is 20.8 Å². The highest BCUT2D eigenvalue weighted by atomic mass is 16.7. The van der Waals surface area contributed by atoms with Crippen molar-refractivity contribution < 1.29 is 19.0 Å². The first-order valence-electron chi connectivity index (χ1n) is 14.1. The molecule has 0 radical (unpaired) electrons. The van der Waals surface area contributed by atoms with Crippen LogP contribution in [-0.4, -0.2) is 62.3 Å². The highest BCUT2D eigenvalue weighted by molar-refractivity contribution is 5.68. The number of unbranched alkanes of at least 4 members (excludes halogenated alkanes) is 11. The molecule has 1 amide bonds. The van der Waals surface area contributed by atoms with Gasteiger partial charge < -0.3 is 24.4 Å². The number of ether oxygens (including phenoxy) is 3. The fourth-order valence-corrected chi connectivity index (χ4v) is 4.22. The average molecular weight is 487 g/mol. The standard InChI is InChI=1S/C28H58N2O4/c1-8-11-12-13-14-15-16-17-18-19-20-21-22-26(33-24-32-7)25(23-30(9-2)10-3)29-27(31)34-28(4,5)6/h25-26H,8-24H2,1-7H3,(H,29,31)/t25-,26-/m0/s1. The van der Waals surface area contributed by atoms with Crippen LogP contribution in [0.25, 0.3) is 0 Å². The lowest BCUT2D eigenvalue weighted by Crippen LogP contribution is -2.52. The Balaban J connectivity index is 4.55. The third-order valence-electron chi connectivity index (χ3n) is 6.24. The van der Waals surface area contributed by atoms with Crippen molar-refractivity contribution in [2.24, 2.45) is 0 Å². The molecule has 0 unspecified atom stereocenters. The van der Waals surface area contributed by atoms with Crippen molar-refractivity contribution in [1.82, 2.24) is 10.2 Å². The summed E-state index contributed by atoms with van der Waals surface area (Å²) in [4.78, 5) is 14.9. The Morgan fingerprint density at radius 3 is 1.76 bits per heavy atom. The van der Waals surface area contributed by atoms with Crippen LogP contribution in [0, 0.1) is 0 Å². The van der Waals surface area contributed by atoms with Gasteiger partial charge in [-0.2, -0.15) is 0 Å². The number of methoxy groups -OCH3 is 1. The summed E-state index contributed by atoms with van der Waals surface area (Å²) in [5, 5.41) is 3.09. The Labute approximate surface area is 211 Å². The molecule has 0 spiro atoms. The molecule has 0 aliphatic carbocycles. The van der Waals surface area contributed by atoms with E-state index in [2.05, 4.69) is 31.0 Å². The fourth-order valence-electron chi connectivity index (χ4n) is 4.22. The normalized spacial score (nSPS) is 13.8. The lowest BCUT2D eigenvalue weighted by molar-refractivity contribution is -0.0893. The Hall–Kier alpha value is -0.850. The molecule has 0 saturated carbocycles. The maximum absolute atomic E-state index is 12.5. The second kappa shape index (κ2) is 21.4. The molecule has 34 heavy (non-hydrogen) atoms. The van der Waals surface area contributed by atoms with Crippen molar-refractivity contribution in [3.63, 3.8) is 0 Å². The van der Waals surface area contributed by atoms with Gasteiger partial charge in [-0.25, -0.2) is 4.79 Å². The maximum atomic E-state index is 12.5. The molecule has 2 atom stereocenters. The fraction of sp³-hybridized carbons (Fsp3) is 0.964. The molecular weight excluding hydrogens is 428 g/mol. The Bertz CT molecular complexity index is 464. The van der Waals surface area contributed by atoms with Gasteiger partial charge >= 0.3 is 6.09 Å². The van der Waals surface area contributed by atoms with Crippen LogP contribution in [0.3, 0.4) is 0 Å². The number of rotatable bonds is 22. The summed E-state index contributed by atoms with van der Waals surface area (Å²) < 4.78 is 16.8. The van der Waals surface area contributed by atoms with Crippen LogP contribution in [0.15, 0.2) is 0 Å². The van der Waals surface area contributed by atoms with E-state index in [1.165, 1.54) is 70.6 Å². The van der Waals surface area contributed by atoms with Crippen molar-refractivity contribution in [2.75, 3.05) is 33.5 Å². The van der Waals surface area contributed by atoms with Gasteiger partial charge in [-0.05, 0) is 40.3 Å². The number of hydrogen-bond donors (Lipinski definition) is 1. The van der Waals surface area contributed by atoms with Gasteiger partial charge in [-0.3, -0.25) is 0 Å². The van der Waals surface area contributed by atoms with Crippen molar-refractivity contribution in [2.45, 2.75) is 143 Å². The van der Waals surface area contributed by atoms with E-state index in [4.69, 9.17) is 14.2 Å². The molecule has 0 aromatic heterocycles. The highest BCUT2D eigenvalue weighted by Gasteiger charge is 2.28. The van der Waals surface area contributed by atoms with Gasteiger partial charge in [-0.15, -0.1) is 0 Å². The van der Waals surface area contributed by atoms with Crippen LogP contribution < -0.4 is 5.32 Å². The minimum Gasteiger partial charge on any atom is -0.444 e. The van der Waals surface area contributed by atoms with Gasteiger partial charge in [0.05, 0.1) is 12.1 Å². The first-order chi connectivity index (χ1) is 16.3. The molecule has 0 heterocycles. The molecule has 0 aliphatic heterocycles. The summed E-state index contributed by atoms with van der Waals surface area (Å²) in [7, 11) is 1.64. The number of hydrogen-bond acceptors (Lipinski definition) is 5. The SMILES string of the molecule is CCCCCCCCCCCCCC[C@H](OCOC)[C@H](CN(CC)CC)NC(=O)OC(C)(C)C.